The van der Waals surface area contributed by atoms with Gasteiger partial charge in [-0.15, -0.1) is 0 Å². The molecule has 1 aromatic carbocycles. The van der Waals surface area contributed by atoms with Gasteiger partial charge in [-0.05, 0) is 50.4 Å². The molecule has 4 nitrogen and oxygen atoms in total. The molecule has 2 aliphatic carbocycles. The van der Waals surface area contributed by atoms with Gasteiger partial charge in [0, 0.05) is 23.4 Å². The summed E-state index contributed by atoms with van der Waals surface area (Å²) >= 11 is 0. The highest BCUT2D eigenvalue weighted by Crippen LogP contribution is 2.62. The molecule has 5 rings (SSSR count). The molecule has 2 fully saturated rings. The van der Waals surface area contributed by atoms with E-state index < -0.39 is 0 Å². The molecule has 116 valence electrons. The Morgan fingerprint density at radius 3 is 3.09 bits per heavy atom. The van der Waals surface area contributed by atoms with Crippen LogP contribution in [0.3, 0.4) is 0 Å². The number of benzene rings is 1. The van der Waals surface area contributed by atoms with Crippen molar-refractivity contribution in [3.05, 3.63) is 23.3 Å². The minimum atomic E-state index is -0.284. The number of ether oxygens (including phenoxy) is 2. The summed E-state index contributed by atoms with van der Waals surface area (Å²) in [5.41, 5.74) is 2.57. The van der Waals surface area contributed by atoms with E-state index in [0.29, 0.717) is 18.4 Å². The van der Waals surface area contributed by atoms with Crippen LogP contribution in [0.5, 0.6) is 11.5 Å². The van der Waals surface area contributed by atoms with Crippen molar-refractivity contribution in [2.24, 2.45) is 5.92 Å². The average Bonchev–Trinajstić information content (AvgIpc) is 2.88. The van der Waals surface area contributed by atoms with E-state index in [1.54, 1.807) is 7.11 Å². The molecule has 0 amide bonds. The molecule has 2 aliphatic heterocycles. The van der Waals surface area contributed by atoms with Crippen LogP contribution in [-0.4, -0.2) is 43.5 Å². The van der Waals surface area contributed by atoms with Crippen LogP contribution in [0.25, 0.3) is 0 Å². The molecule has 4 heteroatoms. The van der Waals surface area contributed by atoms with Crippen LogP contribution < -0.4 is 9.47 Å². The van der Waals surface area contributed by atoms with Crippen LogP contribution >= 0.6 is 0 Å². The van der Waals surface area contributed by atoms with E-state index in [0.717, 1.165) is 37.3 Å². The van der Waals surface area contributed by atoms with Gasteiger partial charge in [-0.3, -0.25) is 4.79 Å². The standard InChI is InChI=1S/C18H21NO3/c1-19-8-7-18-11-4-5-13(20)17(18)22-16-14(21-2)6-3-10(15(16)18)9-12(11)19/h3,6,11-12,17H,4-5,7-9H2,1-2H3/t11-,12+,17-,18+/m0/s1. The fraction of sp³-hybridized carbons (Fsp3) is 0.611. The van der Waals surface area contributed by atoms with E-state index in [-0.39, 0.29) is 17.3 Å². The van der Waals surface area contributed by atoms with Crippen LogP contribution in [0.1, 0.15) is 30.4 Å². The van der Waals surface area contributed by atoms with E-state index >= 15 is 0 Å². The van der Waals surface area contributed by atoms with Crippen molar-refractivity contribution in [3.63, 3.8) is 0 Å². The first-order valence-corrected chi connectivity index (χ1v) is 8.27. The molecular formula is C18H21NO3. The van der Waals surface area contributed by atoms with Gasteiger partial charge in [-0.1, -0.05) is 6.07 Å². The summed E-state index contributed by atoms with van der Waals surface area (Å²) in [6.07, 6.45) is 3.47. The minimum absolute atomic E-state index is 0.0933. The number of likely N-dealkylation sites (tertiary alicyclic amines) is 1. The first-order valence-electron chi connectivity index (χ1n) is 8.27. The number of carbonyl (C=O) groups excluding carboxylic acids is 1. The molecule has 1 spiro atoms. The fourth-order valence-electron chi connectivity index (χ4n) is 5.67. The van der Waals surface area contributed by atoms with Gasteiger partial charge in [0.15, 0.2) is 23.4 Å². The van der Waals surface area contributed by atoms with Crippen molar-refractivity contribution in [1.29, 1.82) is 0 Å². The summed E-state index contributed by atoms with van der Waals surface area (Å²) in [6, 6.07) is 4.73. The number of carbonyl (C=O) groups is 1. The van der Waals surface area contributed by atoms with E-state index in [1.165, 1.54) is 11.1 Å². The second kappa shape index (κ2) is 4.05. The Balaban J connectivity index is 1.81. The van der Waals surface area contributed by atoms with Crippen molar-refractivity contribution >= 4 is 5.78 Å². The lowest BCUT2D eigenvalue weighted by Gasteiger charge is -2.57. The number of Topliss-reactive ketones (excluding diaryl/α,β-unsaturated/α-hetero) is 1. The number of hydrogen-bond donors (Lipinski definition) is 0. The summed E-state index contributed by atoms with van der Waals surface area (Å²) in [7, 11) is 3.91. The minimum Gasteiger partial charge on any atom is -0.493 e. The molecule has 4 atom stereocenters. The van der Waals surface area contributed by atoms with Crippen LogP contribution in [0.4, 0.5) is 0 Å². The lowest BCUT2D eigenvalue weighted by Crippen LogP contribution is -2.65. The first-order chi connectivity index (χ1) is 10.7. The Labute approximate surface area is 130 Å². The van der Waals surface area contributed by atoms with E-state index in [1.807, 2.05) is 6.07 Å². The third kappa shape index (κ3) is 1.27. The second-order valence-electron chi connectivity index (χ2n) is 7.28. The molecular weight excluding hydrogens is 278 g/mol. The molecule has 2 heterocycles. The smallest absolute Gasteiger partial charge is 0.174 e. The van der Waals surface area contributed by atoms with Gasteiger partial charge in [0.1, 0.15) is 0 Å². The molecule has 1 aromatic rings. The SMILES string of the molecule is COc1ccc2c3c1O[C@H]1C(=O)CC[C@H]4[C@@H](C2)N(C)CC[C@@]314. The Morgan fingerprint density at radius 1 is 1.41 bits per heavy atom. The van der Waals surface area contributed by atoms with Gasteiger partial charge < -0.3 is 14.4 Å². The summed E-state index contributed by atoms with van der Waals surface area (Å²) < 4.78 is 11.8. The number of likely N-dealkylation sites (N-methyl/N-ethyl adjacent to an activating group) is 1. The van der Waals surface area contributed by atoms with Gasteiger partial charge >= 0.3 is 0 Å². The lowest BCUT2D eigenvalue weighted by atomic mass is 9.52. The molecule has 0 N–H and O–H groups in total. The Bertz CT molecular complexity index is 685. The number of nitrogens with zero attached hydrogens (tertiary/aromatic N) is 1. The Kier molecular flexibility index (Phi) is 2.38. The van der Waals surface area contributed by atoms with Crippen LogP contribution in [0.15, 0.2) is 12.1 Å². The average molecular weight is 299 g/mol. The highest BCUT2D eigenvalue weighted by molar-refractivity contribution is 5.89. The second-order valence-corrected chi connectivity index (χ2v) is 7.28. The lowest BCUT2D eigenvalue weighted by molar-refractivity contribution is -0.138. The predicted octanol–water partition coefficient (Wildman–Crippen LogP) is 1.93. The molecule has 1 saturated carbocycles. The fourth-order valence-corrected chi connectivity index (χ4v) is 5.67. The van der Waals surface area contributed by atoms with E-state index in [9.17, 15) is 4.79 Å². The molecule has 2 bridgehead atoms. The first kappa shape index (κ1) is 12.9. The zero-order chi connectivity index (χ0) is 15.1. The maximum absolute atomic E-state index is 12.6. The van der Waals surface area contributed by atoms with Gasteiger partial charge in [0.05, 0.1) is 7.11 Å². The largest absolute Gasteiger partial charge is 0.493 e. The van der Waals surface area contributed by atoms with Crippen LogP contribution in [-0.2, 0) is 16.6 Å². The summed E-state index contributed by atoms with van der Waals surface area (Å²) in [5, 5.41) is 0. The van der Waals surface area contributed by atoms with E-state index in [2.05, 4.69) is 18.0 Å². The highest BCUT2D eigenvalue weighted by Gasteiger charge is 2.65. The van der Waals surface area contributed by atoms with Gasteiger partial charge in [0.25, 0.3) is 0 Å². The molecule has 0 unspecified atom stereocenters. The zero-order valence-corrected chi connectivity index (χ0v) is 13.1. The predicted molar refractivity (Wildman–Crippen MR) is 81.6 cm³/mol. The maximum Gasteiger partial charge on any atom is 0.174 e. The number of hydrogen-bond acceptors (Lipinski definition) is 4. The van der Waals surface area contributed by atoms with Gasteiger partial charge in [0.2, 0.25) is 0 Å². The molecule has 4 aliphatic rings. The topological polar surface area (TPSA) is 38.8 Å². The zero-order valence-electron chi connectivity index (χ0n) is 13.1. The normalized spacial score (nSPS) is 38.5. The van der Waals surface area contributed by atoms with Crippen LogP contribution in [0.2, 0.25) is 0 Å². The van der Waals surface area contributed by atoms with Crippen molar-refractivity contribution in [3.8, 4) is 11.5 Å². The Morgan fingerprint density at radius 2 is 2.27 bits per heavy atom. The molecule has 22 heavy (non-hydrogen) atoms. The van der Waals surface area contributed by atoms with Crippen molar-refractivity contribution < 1.29 is 14.3 Å². The van der Waals surface area contributed by atoms with E-state index in [4.69, 9.17) is 9.47 Å². The number of ketones is 1. The quantitative estimate of drug-likeness (QED) is 0.794. The number of piperidine rings is 1. The molecule has 0 aromatic heterocycles. The third-order valence-corrected chi connectivity index (χ3v) is 6.59. The molecule has 0 radical (unpaired) electrons. The summed E-state index contributed by atoms with van der Waals surface area (Å²) in [5.74, 6) is 2.46. The van der Waals surface area contributed by atoms with Crippen molar-refractivity contribution in [2.75, 3.05) is 20.7 Å². The Hall–Kier alpha value is -1.55. The third-order valence-electron chi connectivity index (χ3n) is 6.59. The van der Waals surface area contributed by atoms with Crippen LogP contribution in [0, 0.1) is 5.92 Å². The summed E-state index contributed by atoms with van der Waals surface area (Å²) in [4.78, 5) is 15.1. The van der Waals surface area contributed by atoms with Crippen molar-refractivity contribution in [2.45, 2.75) is 43.2 Å². The maximum atomic E-state index is 12.6. The number of rotatable bonds is 1. The molecule has 1 saturated heterocycles. The number of methoxy groups -OCH3 is 1. The monoisotopic (exact) mass is 299 g/mol. The van der Waals surface area contributed by atoms with Crippen molar-refractivity contribution in [1.82, 2.24) is 4.90 Å². The van der Waals surface area contributed by atoms with Gasteiger partial charge in [-0.2, -0.15) is 0 Å². The summed E-state index contributed by atoms with van der Waals surface area (Å²) in [6.45, 7) is 1.05. The highest BCUT2D eigenvalue weighted by atomic mass is 16.5. The van der Waals surface area contributed by atoms with Gasteiger partial charge in [-0.25, -0.2) is 0 Å².